The third-order valence-corrected chi connectivity index (χ3v) is 2.54. The Morgan fingerprint density at radius 3 is 2.47 bits per heavy atom. The summed E-state index contributed by atoms with van der Waals surface area (Å²) in [5.41, 5.74) is 5.98. The summed E-state index contributed by atoms with van der Waals surface area (Å²) in [4.78, 5) is 8.32. The maximum absolute atomic E-state index is 5.98. The average Bonchev–Trinajstić information content (AvgIpc) is 2.30. The quantitative estimate of drug-likeness (QED) is 0.699. The topological polar surface area (TPSA) is 51.8 Å². The minimum atomic E-state index is 0.00725. The van der Waals surface area contributed by atoms with Gasteiger partial charge in [-0.15, -0.1) is 0 Å². The van der Waals surface area contributed by atoms with Crippen molar-refractivity contribution in [2.75, 3.05) is 0 Å². The fourth-order valence-electron chi connectivity index (χ4n) is 1.60. The Morgan fingerprint density at radius 1 is 1.13 bits per heavy atom. The Hall–Kier alpha value is -0.960. The van der Waals surface area contributed by atoms with Crippen molar-refractivity contribution < 1.29 is 0 Å². The fraction of sp³-hybridized carbons (Fsp3) is 0.667. The van der Waals surface area contributed by atoms with E-state index in [1.54, 1.807) is 12.4 Å². The van der Waals surface area contributed by atoms with Gasteiger partial charge in [0.25, 0.3) is 0 Å². The SMILES string of the molecule is CCCCCCCC(N)c1ncccn1. The maximum Gasteiger partial charge on any atom is 0.144 e. The van der Waals surface area contributed by atoms with E-state index in [0.29, 0.717) is 0 Å². The molecule has 3 heteroatoms. The van der Waals surface area contributed by atoms with Crippen molar-refractivity contribution in [3.05, 3.63) is 24.3 Å². The molecule has 0 radical (unpaired) electrons. The van der Waals surface area contributed by atoms with Crippen LogP contribution in [0.1, 0.15) is 57.3 Å². The van der Waals surface area contributed by atoms with Crippen LogP contribution in [0, 0.1) is 0 Å². The molecule has 0 spiro atoms. The van der Waals surface area contributed by atoms with Gasteiger partial charge < -0.3 is 5.73 Å². The van der Waals surface area contributed by atoms with Crippen LogP contribution in [0.5, 0.6) is 0 Å². The molecule has 1 atom stereocenters. The molecule has 15 heavy (non-hydrogen) atoms. The van der Waals surface area contributed by atoms with Crippen LogP contribution in [0.25, 0.3) is 0 Å². The average molecular weight is 207 g/mol. The van der Waals surface area contributed by atoms with Crippen molar-refractivity contribution in [2.45, 2.75) is 51.5 Å². The zero-order chi connectivity index (χ0) is 10.9. The van der Waals surface area contributed by atoms with Gasteiger partial charge in [-0.2, -0.15) is 0 Å². The summed E-state index contributed by atoms with van der Waals surface area (Å²) < 4.78 is 0. The molecule has 3 nitrogen and oxygen atoms in total. The maximum atomic E-state index is 5.98. The molecule has 0 aliphatic carbocycles. The predicted molar refractivity (Wildman–Crippen MR) is 62.3 cm³/mol. The summed E-state index contributed by atoms with van der Waals surface area (Å²) in [7, 11) is 0. The second kappa shape index (κ2) is 7.35. The Morgan fingerprint density at radius 2 is 1.80 bits per heavy atom. The van der Waals surface area contributed by atoms with Gasteiger partial charge in [-0.25, -0.2) is 9.97 Å². The number of hydrogen-bond donors (Lipinski definition) is 1. The summed E-state index contributed by atoms with van der Waals surface area (Å²) in [5.74, 6) is 0.771. The Labute approximate surface area is 92.1 Å². The molecule has 0 saturated carbocycles. The highest BCUT2D eigenvalue weighted by molar-refractivity contribution is 4.94. The molecule has 1 aromatic heterocycles. The number of nitrogens with two attached hydrogens (primary N) is 1. The molecule has 0 amide bonds. The molecule has 0 aliphatic heterocycles. The van der Waals surface area contributed by atoms with Crippen LogP contribution in [-0.4, -0.2) is 9.97 Å². The van der Waals surface area contributed by atoms with Crippen LogP contribution < -0.4 is 5.73 Å². The molecule has 0 aliphatic rings. The normalized spacial score (nSPS) is 12.7. The molecule has 84 valence electrons. The third-order valence-electron chi connectivity index (χ3n) is 2.54. The van der Waals surface area contributed by atoms with E-state index in [4.69, 9.17) is 5.73 Å². The molecular weight excluding hydrogens is 186 g/mol. The highest BCUT2D eigenvalue weighted by Gasteiger charge is 2.07. The van der Waals surface area contributed by atoms with Gasteiger partial charge >= 0.3 is 0 Å². The minimum Gasteiger partial charge on any atom is -0.321 e. The lowest BCUT2D eigenvalue weighted by atomic mass is 10.1. The van der Waals surface area contributed by atoms with Gasteiger partial charge in [-0.05, 0) is 12.5 Å². The highest BCUT2D eigenvalue weighted by atomic mass is 14.9. The van der Waals surface area contributed by atoms with Crippen LogP contribution in [0.15, 0.2) is 18.5 Å². The standard InChI is InChI=1S/C12H21N3/c1-2-3-4-5-6-8-11(13)12-14-9-7-10-15-12/h7,9-11H,2-6,8,13H2,1H3. The lowest BCUT2D eigenvalue weighted by Crippen LogP contribution is -2.13. The Kier molecular flexibility index (Phi) is 5.93. The molecule has 1 rings (SSSR count). The van der Waals surface area contributed by atoms with Gasteiger partial charge in [0.2, 0.25) is 0 Å². The van der Waals surface area contributed by atoms with Gasteiger partial charge in [0.1, 0.15) is 5.82 Å². The summed E-state index contributed by atoms with van der Waals surface area (Å²) in [6.45, 7) is 2.23. The fourth-order valence-corrected chi connectivity index (χ4v) is 1.60. The second-order valence-electron chi connectivity index (χ2n) is 3.92. The molecule has 0 bridgehead atoms. The molecule has 0 saturated heterocycles. The van der Waals surface area contributed by atoms with Crippen molar-refractivity contribution in [3.63, 3.8) is 0 Å². The summed E-state index contributed by atoms with van der Waals surface area (Å²) in [5, 5.41) is 0. The van der Waals surface area contributed by atoms with E-state index in [1.807, 2.05) is 6.07 Å². The molecule has 0 fully saturated rings. The van der Waals surface area contributed by atoms with E-state index in [-0.39, 0.29) is 6.04 Å². The van der Waals surface area contributed by atoms with E-state index < -0.39 is 0 Å². The first-order valence-electron chi connectivity index (χ1n) is 5.87. The summed E-state index contributed by atoms with van der Waals surface area (Å²) in [6, 6.07) is 1.82. The Balaban J connectivity index is 2.16. The molecule has 1 aromatic rings. The highest BCUT2D eigenvalue weighted by Crippen LogP contribution is 2.13. The number of hydrogen-bond acceptors (Lipinski definition) is 3. The number of aromatic nitrogens is 2. The van der Waals surface area contributed by atoms with Crippen LogP contribution in [0.2, 0.25) is 0 Å². The van der Waals surface area contributed by atoms with E-state index in [9.17, 15) is 0 Å². The lowest BCUT2D eigenvalue weighted by molar-refractivity contribution is 0.538. The Bertz CT molecular complexity index is 248. The van der Waals surface area contributed by atoms with Gasteiger partial charge in [-0.1, -0.05) is 39.0 Å². The summed E-state index contributed by atoms with van der Waals surface area (Å²) >= 11 is 0. The van der Waals surface area contributed by atoms with Crippen LogP contribution in [0.4, 0.5) is 0 Å². The van der Waals surface area contributed by atoms with Gasteiger partial charge in [0.05, 0.1) is 6.04 Å². The van der Waals surface area contributed by atoms with Crippen LogP contribution in [0.3, 0.4) is 0 Å². The molecule has 1 unspecified atom stereocenters. The minimum absolute atomic E-state index is 0.00725. The first-order chi connectivity index (χ1) is 7.34. The van der Waals surface area contributed by atoms with E-state index >= 15 is 0 Å². The van der Waals surface area contributed by atoms with Crippen molar-refractivity contribution in [3.8, 4) is 0 Å². The first-order valence-corrected chi connectivity index (χ1v) is 5.87. The molecule has 2 N–H and O–H groups in total. The number of nitrogens with zero attached hydrogens (tertiary/aromatic N) is 2. The zero-order valence-corrected chi connectivity index (χ0v) is 9.52. The molecule has 1 heterocycles. The predicted octanol–water partition coefficient (Wildman–Crippen LogP) is 2.84. The first kappa shape index (κ1) is 12.1. The van der Waals surface area contributed by atoms with Crippen molar-refractivity contribution in [1.29, 1.82) is 0 Å². The van der Waals surface area contributed by atoms with Crippen molar-refractivity contribution in [2.24, 2.45) is 5.73 Å². The van der Waals surface area contributed by atoms with E-state index in [0.717, 1.165) is 12.2 Å². The van der Waals surface area contributed by atoms with E-state index in [1.165, 1.54) is 32.1 Å². The molecular formula is C12H21N3. The largest absolute Gasteiger partial charge is 0.321 e. The number of unbranched alkanes of at least 4 members (excludes halogenated alkanes) is 4. The second-order valence-corrected chi connectivity index (χ2v) is 3.92. The van der Waals surface area contributed by atoms with Crippen LogP contribution in [-0.2, 0) is 0 Å². The van der Waals surface area contributed by atoms with Crippen molar-refractivity contribution in [1.82, 2.24) is 9.97 Å². The smallest absolute Gasteiger partial charge is 0.144 e. The molecule has 0 aromatic carbocycles. The zero-order valence-electron chi connectivity index (χ0n) is 9.52. The monoisotopic (exact) mass is 207 g/mol. The van der Waals surface area contributed by atoms with E-state index in [2.05, 4.69) is 16.9 Å². The third kappa shape index (κ3) is 4.88. The van der Waals surface area contributed by atoms with Crippen LogP contribution >= 0.6 is 0 Å². The number of rotatable bonds is 7. The van der Waals surface area contributed by atoms with Gasteiger partial charge in [0, 0.05) is 12.4 Å². The van der Waals surface area contributed by atoms with Gasteiger partial charge in [-0.3, -0.25) is 0 Å². The summed E-state index contributed by atoms with van der Waals surface area (Å²) in [6.07, 6.45) is 10.9. The van der Waals surface area contributed by atoms with Gasteiger partial charge in [0.15, 0.2) is 0 Å². The van der Waals surface area contributed by atoms with Crippen molar-refractivity contribution >= 4 is 0 Å². The lowest BCUT2D eigenvalue weighted by Gasteiger charge is -2.08.